The second kappa shape index (κ2) is 5.54. The lowest BCUT2D eigenvalue weighted by molar-refractivity contribution is 0.221. The number of hydrogen-bond donors (Lipinski definition) is 0. The third-order valence-electron chi connectivity index (χ3n) is 3.73. The fourth-order valence-corrected chi connectivity index (χ4v) is 2.73. The molecular weight excluding hydrogens is 206 g/mol. The fourth-order valence-electron chi connectivity index (χ4n) is 2.41. The summed E-state index contributed by atoms with van der Waals surface area (Å²) in [5, 5.41) is 0. The fraction of sp³-hybridized carbons (Fsp3) is 1.00. The van der Waals surface area contributed by atoms with Crippen LogP contribution in [0.5, 0.6) is 0 Å². The molecule has 1 saturated heterocycles. The van der Waals surface area contributed by atoms with Crippen molar-refractivity contribution in [2.24, 2.45) is 11.3 Å². The molecule has 0 bridgehead atoms. The summed E-state index contributed by atoms with van der Waals surface area (Å²) in [6.45, 7) is 11.8. The molecule has 1 fully saturated rings. The third-order valence-corrected chi connectivity index (χ3v) is 4.09. The number of alkyl halides is 1. The highest BCUT2D eigenvalue weighted by molar-refractivity contribution is 6.18. The number of rotatable bonds is 4. The Labute approximate surface area is 100 Å². The van der Waals surface area contributed by atoms with Gasteiger partial charge >= 0.3 is 0 Å². The maximum absolute atomic E-state index is 6.06. The van der Waals surface area contributed by atoms with E-state index in [0.717, 1.165) is 11.8 Å². The molecule has 1 aliphatic heterocycles. The van der Waals surface area contributed by atoms with Gasteiger partial charge in [-0.15, -0.1) is 11.6 Å². The Hall–Kier alpha value is 0.250. The van der Waals surface area contributed by atoms with Gasteiger partial charge in [-0.25, -0.2) is 0 Å². The van der Waals surface area contributed by atoms with Gasteiger partial charge in [-0.2, -0.15) is 0 Å². The van der Waals surface area contributed by atoms with Crippen molar-refractivity contribution in [1.29, 1.82) is 0 Å². The van der Waals surface area contributed by atoms with Crippen molar-refractivity contribution in [2.45, 2.75) is 53.0 Å². The summed E-state index contributed by atoms with van der Waals surface area (Å²) in [7, 11) is 0. The van der Waals surface area contributed by atoms with E-state index in [1.165, 1.54) is 32.4 Å². The second-order valence-electron chi connectivity index (χ2n) is 5.96. The minimum absolute atomic E-state index is 0.436. The molecule has 1 aliphatic rings. The topological polar surface area (TPSA) is 3.24 Å². The van der Waals surface area contributed by atoms with Crippen molar-refractivity contribution >= 4 is 11.6 Å². The highest BCUT2D eigenvalue weighted by atomic mass is 35.5. The van der Waals surface area contributed by atoms with E-state index < -0.39 is 0 Å². The van der Waals surface area contributed by atoms with E-state index in [2.05, 4.69) is 32.6 Å². The Bertz CT molecular complexity index is 185. The normalized spacial score (nSPS) is 28.6. The maximum Gasteiger partial charge on any atom is 0.0379 e. The number of hydrogen-bond acceptors (Lipinski definition) is 1. The molecule has 0 radical (unpaired) electrons. The molecule has 1 rings (SSSR count). The van der Waals surface area contributed by atoms with E-state index >= 15 is 0 Å². The predicted octanol–water partition coefficient (Wildman–Crippen LogP) is 3.76. The van der Waals surface area contributed by atoms with Crippen molar-refractivity contribution in [2.75, 3.05) is 19.0 Å². The lowest BCUT2D eigenvalue weighted by atomic mass is 9.79. The van der Waals surface area contributed by atoms with Crippen LogP contribution in [-0.2, 0) is 0 Å². The number of nitrogens with zero attached hydrogens (tertiary/aromatic N) is 1. The van der Waals surface area contributed by atoms with Gasteiger partial charge in [-0.05, 0) is 30.7 Å². The van der Waals surface area contributed by atoms with Crippen LogP contribution >= 0.6 is 11.6 Å². The molecule has 0 amide bonds. The quantitative estimate of drug-likeness (QED) is 0.666. The van der Waals surface area contributed by atoms with Gasteiger partial charge in [-0.3, -0.25) is 4.90 Å². The first-order valence-corrected chi connectivity index (χ1v) is 6.82. The van der Waals surface area contributed by atoms with Crippen LogP contribution in [0.25, 0.3) is 0 Å². The first-order valence-electron chi connectivity index (χ1n) is 6.29. The molecule has 0 saturated carbocycles. The molecule has 0 aromatic rings. The average Bonchev–Trinajstić information content (AvgIpc) is 2.57. The van der Waals surface area contributed by atoms with E-state index in [1.807, 2.05) is 0 Å². The summed E-state index contributed by atoms with van der Waals surface area (Å²) < 4.78 is 0. The van der Waals surface area contributed by atoms with Crippen LogP contribution in [0.2, 0.25) is 0 Å². The summed E-state index contributed by atoms with van der Waals surface area (Å²) in [6, 6.07) is 0.627. The molecule has 2 heteroatoms. The molecule has 15 heavy (non-hydrogen) atoms. The summed E-state index contributed by atoms with van der Waals surface area (Å²) in [5.41, 5.74) is 0.436. The van der Waals surface area contributed by atoms with Crippen molar-refractivity contribution in [3.8, 4) is 0 Å². The Morgan fingerprint density at radius 1 is 1.33 bits per heavy atom. The van der Waals surface area contributed by atoms with Gasteiger partial charge in [-0.1, -0.05) is 34.1 Å². The zero-order valence-corrected chi connectivity index (χ0v) is 11.5. The van der Waals surface area contributed by atoms with Crippen molar-refractivity contribution in [3.05, 3.63) is 0 Å². The van der Waals surface area contributed by atoms with Gasteiger partial charge in [0.15, 0.2) is 0 Å². The van der Waals surface area contributed by atoms with Crippen LogP contribution in [0.1, 0.15) is 47.0 Å². The lowest BCUT2D eigenvalue weighted by Crippen LogP contribution is -2.32. The SMILES string of the molecule is CCCCN1C[C@H](C(C)(C)C)C[C@@H]1CCl. The Balaban J connectivity index is 2.51. The molecular formula is C13H26ClN. The summed E-state index contributed by atoms with van der Waals surface area (Å²) in [5.74, 6) is 1.62. The third kappa shape index (κ3) is 3.64. The van der Waals surface area contributed by atoms with Crippen LogP contribution in [-0.4, -0.2) is 29.9 Å². The van der Waals surface area contributed by atoms with Gasteiger partial charge in [0.05, 0.1) is 0 Å². The van der Waals surface area contributed by atoms with Crippen molar-refractivity contribution in [3.63, 3.8) is 0 Å². The minimum Gasteiger partial charge on any atom is -0.299 e. The molecule has 0 N–H and O–H groups in total. The lowest BCUT2D eigenvalue weighted by Gasteiger charge is -2.27. The molecule has 0 unspecified atom stereocenters. The highest BCUT2D eigenvalue weighted by Crippen LogP contribution is 2.37. The molecule has 1 heterocycles. The molecule has 0 aliphatic carbocycles. The first kappa shape index (κ1) is 13.3. The van der Waals surface area contributed by atoms with E-state index in [4.69, 9.17) is 11.6 Å². The van der Waals surface area contributed by atoms with E-state index in [0.29, 0.717) is 11.5 Å². The van der Waals surface area contributed by atoms with Crippen molar-refractivity contribution < 1.29 is 0 Å². The zero-order chi connectivity index (χ0) is 11.5. The maximum atomic E-state index is 6.06. The minimum atomic E-state index is 0.436. The summed E-state index contributed by atoms with van der Waals surface area (Å²) >= 11 is 6.06. The Morgan fingerprint density at radius 3 is 2.47 bits per heavy atom. The van der Waals surface area contributed by atoms with Crippen molar-refractivity contribution in [1.82, 2.24) is 4.90 Å². The average molecular weight is 232 g/mol. The van der Waals surface area contributed by atoms with Gasteiger partial charge in [0, 0.05) is 18.5 Å². The summed E-state index contributed by atoms with van der Waals surface area (Å²) in [4.78, 5) is 2.60. The number of likely N-dealkylation sites (tertiary alicyclic amines) is 1. The molecule has 0 aromatic carbocycles. The van der Waals surface area contributed by atoms with Crippen LogP contribution in [0.3, 0.4) is 0 Å². The van der Waals surface area contributed by atoms with Crippen LogP contribution < -0.4 is 0 Å². The van der Waals surface area contributed by atoms with E-state index in [-0.39, 0.29) is 0 Å². The smallest absolute Gasteiger partial charge is 0.0379 e. The standard InChI is InChI=1S/C13H26ClN/c1-5-6-7-15-10-11(13(2,3)4)8-12(15)9-14/h11-12H,5-10H2,1-4H3/t11-,12-/m1/s1. The van der Waals surface area contributed by atoms with Gasteiger partial charge in [0.2, 0.25) is 0 Å². The van der Waals surface area contributed by atoms with Gasteiger partial charge in [0.25, 0.3) is 0 Å². The molecule has 1 nitrogen and oxygen atoms in total. The second-order valence-corrected chi connectivity index (χ2v) is 6.26. The first-order chi connectivity index (χ1) is 6.99. The van der Waals surface area contributed by atoms with E-state index in [1.54, 1.807) is 0 Å². The van der Waals surface area contributed by atoms with Crippen LogP contribution in [0.15, 0.2) is 0 Å². The predicted molar refractivity (Wildman–Crippen MR) is 68.6 cm³/mol. The number of halogens is 1. The van der Waals surface area contributed by atoms with E-state index in [9.17, 15) is 0 Å². The molecule has 90 valence electrons. The summed E-state index contributed by atoms with van der Waals surface area (Å²) in [6.07, 6.45) is 3.88. The van der Waals surface area contributed by atoms with Gasteiger partial charge < -0.3 is 0 Å². The molecule has 2 atom stereocenters. The highest BCUT2D eigenvalue weighted by Gasteiger charge is 2.37. The largest absolute Gasteiger partial charge is 0.299 e. The Morgan fingerprint density at radius 2 is 2.00 bits per heavy atom. The Kier molecular flexibility index (Phi) is 4.92. The molecule has 0 spiro atoms. The molecule has 0 aromatic heterocycles. The monoisotopic (exact) mass is 231 g/mol. The zero-order valence-electron chi connectivity index (χ0n) is 10.7. The number of unbranched alkanes of at least 4 members (excludes halogenated alkanes) is 1. The van der Waals surface area contributed by atoms with Crippen LogP contribution in [0, 0.1) is 11.3 Å². The van der Waals surface area contributed by atoms with Gasteiger partial charge in [0.1, 0.15) is 0 Å². The van der Waals surface area contributed by atoms with Crippen LogP contribution in [0.4, 0.5) is 0 Å².